The van der Waals surface area contributed by atoms with E-state index in [1.165, 1.54) is 6.42 Å². The molecule has 2 heterocycles. The Morgan fingerprint density at radius 2 is 1.65 bits per heavy atom. The summed E-state index contributed by atoms with van der Waals surface area (Å²) in [6, 6.07) is 0.217. The van der Waals surface area contributed by atoms with E-state index in [-0.39, 0.29) is 23.1 Å². The van der Waals surface area contributed by atoms with Gasteiger partial charge in [-0.2, -0.15) is 0 Å². The van der Waals surface area contributed by atoms with Crippen LogP contribution in [0.5, 0.6) is 0 Å². The van der Waals surface area contributed by atoms with E-state index in [1.807, 2.05) is 25.3 Å². The van der Waals surface area contributed by atoms with E-state index in [0.29, 0.717) is 12.5 Å². The first-order valence-electron chi connectivity index (χ1n) is 11.7. The molecule has 0 unspecified atom stereocenters. The second-order valence-corrected chi connectivity index (χ2v) is 10.3. The van der Waals surface area contributed by atoms with Crippen LogP contribution in [0.25, 0.3) is 0 Å². The molecule has 1 saturated heterocycles. The highest BCUT2D eigenvalue weighted by Gasteiger charge is 2.25. The summed E-state index contributed by atoms with van der Waals surface area (Å²) in [4.78, 5) is 41.3. The van der Waals surface area contributed by atoms with Gasteiger partial charge < -0.3 is 20.1 Å². The minimum absolute atomic E-state index is 0.0468. The lowest BCUT2D eigenvalue weighted by atomic mass is 9.94. The highest BCUT2D eigenvalue weighted by atomic mass is 16.2. The molecule has 7 nitrogen and oxygen atoms in total. The zero-order chi connectivity index (χ0) is 22.6. The number of hydrogen-bond donors (Lipinski definition) is 2. The van der Waals surface area contributed by atoms with Gasteiger partial charge in [-0.1, -0.05) is 19.3 Å². The number of pyridine rings is 1. The minimum atomic E-state index is -0.493. The van der Waals surface area contributed by atoms with E-state index in [9.17, 15) is 14.4 Å². The van der Waals surface area contributed by atoms with Crippen LogP contribution in [0.15, 0.2) is 17.2 Å². The van der Waals surface area contributed by atoms with Crippen LogP contribution in [0.4, 0.5) is 0 Å². The lowest BCUT2D eigenvalue weighted by Gasteiger charge is -2.29. The normalized spacial score (nSPS) is 21.0. The molecule has 2 N–H and O–H groups in total. The Bertz CT molecular complexity index is 849. The summed E-state index contributed by atoms with van der Waals surface area (Å²) in [6.07, 6.45) is 10.9. The van der Waals surface area contributed by atoms with Crippen LogP contribution in [-0.4, -0.2) is 53.5 Å². The average Bonchev–Trinajstić information content (AvgIpc) is 2.71. The van der Waals surface area contributed by atoms with Crippen molar-refractivity contribution in [2.75, 3.05) is 26.7 Å². The molecule has 0 radical (unpaired) electrons. The average molecular weight is 431 g/mol. The van der Waals surface area contributed by atoms with Crippen molar-refractivity contribution in [2.24, 2.45) is 5.92 Å². The highest BCUT2D eigenvalue weighted by molar-refractivity contribution is 5.99. The molecule has 0 bridgehead atoms. The zero-order valence-electron chi connectivity index (χ0n) is 19.5. The van der Waals surface area contributed by atoms with Gasteiger partial charge in [0.2, 0.25) is 5.43 Å². The Labute approximate surface area is 185 Å². The fourth-order valence-electron chi connectivity index (χ4n) is 4.69. The molecule has 1 aromatic heterocycles. The molecule has 2 amide bonds. The number of hydrogen-bond acceptors (Lipinski definition) is 4. The molecule has 7 heteroatoms. The number of piperidine rings is 1. The molecule has 3 rings (SSSR count). The lowest BCUT2D eigenvalue weighted by molar-refractivity contribution is 0.0917. The van der Waals surface area contributed by atoms with Gasteiger partial charge >= 0.3 is 0 Å². The second-order valence-electron chi connectivity index (χ2n) is 10.3. The van der Waals surface area contributed by atoms with Crippen molar-refractivity contribution in [3.63, 3.8) is 0 Å². The summed E-state index contributed by atoms with van der Waals surface area (Å²) in [5, 5.41) is 5.84. The number of nitrogens with zero attached hydrogens (tertiary/aromatic N) is 2. The largest absolute Gasteiger partial charge is 0.352 e. The van der Waals surface area contributed by atoms with Crippen molar-refractivity contribution < 1.29 is 9.59 Å². The van der Waals surface area contributed by atoms with Gasteiger partial charge in [-0.05, 0) is 66.0 Å². The van der Waals surface area contributed by atoms with Crippen molar-refractivity contribution in [1.82, 2.24) is 20.1 Å². The Hall–Kier alpha value is -2.15. The molecule has 1 aromatic rings. The number of carbonyl (C=O) groups excluding carboxylic acids is 2. The maximum absolute atomic E-state index is 13.1. The van der Waals surface area contributed by atoms with E-state index in [1.54, 1.807) is 12.4 Å². The molecule has 2 fully saturated rings. The van der Waals surface area contributed by atoms with Crippen LogP contribution in [0.1, 0.15) is 92.5 Å². The van der Waals surface area contributed by atoms with Crippen LogP contribution < -0.4 is 16.1 Å². The molecule has 0 aromatic carbocycles. The number of nitrogens with one attached hydrogen (secondary N) is 2. The molecule has 1 aliphatic carbocycles. The molecule has 31 heavy (non-hydrogen) atoms. The van der Waals surface area contributed by atoms with Gasteiger partial charge in [-0.3, -0.25) is 14.4 Å². The molecule has 1 saturated carbocycles. The summed E-state index contributed by atoms with van der Waals surface area (Å²) in [5.41, 5.74) is -0.848. The van der Waals surface area contributed by atoms with E-state index >= 15 is 0 Å². The first-order chi connectivity index (χ1) is 14.6. The molecule has 1 atom stereocenters. The summed E-state index contributed by atoms with van der Waals surface area (Å²) < 4.78 is 1.93. The van der Waals surface area contributed by atoms with Crippen molar-refractivity contribution in [3.05, 3.63) is 33.7 Å². The Morgan fingerprint density at radius 1 is 1.00 bits per heavy atom. The third-order valence-corrected chi connectivity index (χ3v) is 6.29. The third-order valence-electron chi connectivity index (χ3n) is 6.29. The van der Waals surface area contributed by atoms with Gasteiger partial charge in [0.15, 0.2) is 0 Å². The van der Waals surface area contributed by atoms with E-state index < -0.39 is 16.9 Å². The van der Waals surface area contributed by atoms with Crippen LogP contribution in [0.3, 0.4) is 0 Å². The summed E-state index contributed by atoms with van der Waals surface area (Å²) in [6.45, 7) is 8.21. The Kier molecular flexibility index (Phi) is 7.57. The smallest absolute Gasteiger partial charge is 0.257 e. The highest BCUT2D eigenvalue weighted by Crippen LogP contribution is 2.28. The van der Waals surface area contributed by atoms with Gasteiger partial charge in [0, 0.05) is 37.1 Å². The van der Waals surface area contributed by atoms with Gasteiger partial charge in [0.05, 0.1) is 0 Å². The van der Waals surface area contributed by atoms with Crippen molar-refractivity contribution >= 4 is 11.8 Å². The van der Waals surface area contributed by atoms with Crippen LogP contribution in [-0.2, 0) is 0 Å². The molecular weight excluding hydrogens is 392 g/mol. The van der Waals surface area contributed by atoms with E-state index in [0.717, 1.165) is 51.6 Å². The first kappa shape index (κ1) is 23.5. The molecule has 172 valence electrons. The van der Waals surface area contributed by atoms with Crippen molar-refractivity contribution in [1.29, 1.82) is 0 Å². The predicted octanol–water partition coefficient (Wildman–Crippen LogP) is 2.95. The van der Waals surface area contributed by atoms with Gasteiger partial charge in [-0.15, -0.1) is 0 Å². The van der Waals surface area contributed by atoms with Gasteiger partial charge in [-0.25, -0.2) is 0 Å². The van der Waals surface area contributed by atoms with Crippen molar-refractivity contribution in [3.8, 4) is 0 Å². The number of likely N-dealkylation sites (tertiary alicyclic amines) is 1. The number of rotatable bonds is 5. The van der Waals surface area contributed by atoms with Gasteiger partial charge in [0.1, 0.15) is 11.1 Å². The fourth-order valence-corrected chi connectivity index (χ4v) is 4.69. The lowest BCUT2D eigenvalue weighted by Crippen LogP contribution is -2.44. The summed E-state index contributed by atoms with van der Waals surface area (Å²) >= 11 is 0. The summed E-state index contributed by atoms with van der Waals surface area (Å²) in [5.74, 6) is -0.422. The van der Waals surface area contributed by atoms with Crippen LogP contribution >= 0.6 is 0 Å². The molecule has 2 aliphatic rings. The second kappa shape index (κ2) is 9.98. The third kappa shape index (κ3) is 6.42. The Morgan fingerprint density at radius 3 is 2.26 bits per heavy atom. The molecule has 0 spiro atoms. The predicted molar refractivity (Wildman–Crippen MR) is 123 cm³/mol. The molecule has 1 aliphatic heterocycles. The zero-order valence-corrected chi connectivity index (χ0v) is 19.5. The maximum atomic E-state index is 13.1. The Balaban J connectivity index is 1.86. The van der Waals surface area contributed by atoms with E-state index in [4.69, 9.17) is 0 Å². The van der Waals surface area contributed by atoms with Crippen molar-refractivity contribution in [2.45, 2.75) is 77.3 Å². The topological polar surface area (TPSA) is 83.4 Å². The van der Waals surface area contributed by atoms with Crippen LogP contribution in [0.2, 0.25) is 0 Å². The fraction of sp³-hybridized carbons (Fsp3) is 0.708. The van der Waals surface area contributed by atoms with Gasteiger partial charge in [0.25, 0.3) is 11.8 Å². The SMILES string of the molecule is CN1CCC[C@@H](CNC(=O)c2cn(C3CCCCC3)cc(C(=O)NC(C)(C)C)c2=O)C1. The van der Waals surface area contributed by atoms with E-state index in [2.05, 4.69) is 22.6 Å². The first-order valence-corrected chi connectivity index (χ1v) is 11.7. The molecular formula is C24H38N4O3. The standard InChI is InChI=1S/C24H38N4O3/c1-24(2,3)26-23(31)20-16-28(18-10-6-5-7-11-18)15-19(21(20)29)22(30)25-13-17-9-8-12-27(4)14-17/h15-18H,5-14H2,1-4H3,(H,25,30)(H,26,31)/t17-/m0/s1. The monoisotopic (exact) mass is 430 g/mol. The number of amides is 2. The number of carbonyl (C=O) groups is 2. The quantitative estimate of drug-likeness (QED) is 0.752. The maximum Gasteiger partial charge on any atom is 0.257 e. The number of aromatic nitrogens is 1. The minimum Gasteiger partial charge on any atom is -0.352 e. The summed E-state index contributed by atoms with van der Waals surface area (Å²) in [7, 11) is 2.09. The van der Waals surface area contributed by atoms with Crippen LogP contribution in [0, 0.1) is 5.92 Å².